The first-order valence-corrected chi connectivity index (χ1v) is 7.93. The molecule has 6 heteroatoms. The van der Waals surface area contributed by atoms with Crippen molar-refractivity contribution in [1.29, 1.82) is 0 Å². The molecule has 0 amide bonds. The summed E-state index contributed by atoms with van der Waals surface area (Å²) in [5.74, 6) is -4.02. The lowest BCUT2D eigenvalue weighted by molar-refractivity contribution is -0.0711. The zero-order chi connectivity index (χ0) is 16.5. The van der Waals surface area contributed by atoms with Crippen LogP contribution in [-0.2, 0) is 16.5 Å². The highest BCUT2D eigenvalue weighted by Crippen LogP contribution is 2.42. The van der Waals surface area contributed by atoms with Crippen LogP contribution in [0.1, 0.15) is 46.6 Å². The lowest BCUT2D eigenvalue weighted by atomic mass is 9.82. The molecule has 0 aliphatic carbocycles. The van der Waals surface area contributed by atoms with Gasteiger partial charge in [-0.1, -0.05) is 25.1 Å². The summed E-state index contributed by atoms with van der Waals surface area (Å²) in [5.41, 5.74) is -2.19. The largest absolute Gasteiger partial charge is 0.268 e. The number of nitrogens with one attached hydrogen (secondary N) is 1. The smallest absolute Gasteiger partial charge is 0.242 e. The Hall–Kier alpha value is -0.880. The Morgan fingerprint density at radius 3 is 2.05 bits per heavy atom. The average molecular weight is 321 g/mol. The molecule has 0 aliphatic heterocycles. The van der Waals surface area contributed by atoms with E-state index in [2.05, 4.69) is 4.72 Å². The van der Waals surface area contributed by atoms with Crippen LogP contribution in [-0.4, -0.2) is 14.9 Å². The SMILES string of the molecule is CC[C@@](N[S@](=O)C(C)(C)C)(c1ccccc1F)C(C)(F)F. The Morgan fingerprint density at radius 1 is 1.14 bits per heavy atom. The first-order chi connectivity index (χ1) is 9.45. The maximum Gasteiger partial charge on any atom is 0.268 e. The lowest BCUT2D eigenvalue weighted by Crippen LogP contribution is -2.57. The Morgan fingerprint density at radius 2 is 1.67 bits per heavy atom. The quantitative estimate of drug-likeness (QED) is 0.868. The molecular formula is C15H22F3NOS. The van der Waals surface area contributed by atoms with Crippen molar-refractivity contribution in [2.45, 2.75) is 57.2 Å². The molecule has 2 nitrogen and oxygen atoms in total. The minimum Gasteiger partial charge on any atom is -0.242 e. The minimum atomic E-state index is -3.29. The van der Waals surface area contributed by atoms with Crippen molar-refractivity contribution < 1.29 is 17.4 Å². The monoisotopic (exact) mass is 321 g/mol. The molecule has 1 aromatic carbocycles. The van der Waals surface area contributed by atoms with Crippen molar-refractivity contribution in [3.05, 3.63) is 35.6 Å². The highest BCUT2D eigenvalue weighted by molar-refractivity contribution is 7.84. The van der Waals surface area contributed by atoms with Crippen LogP contribution in [0.2, 0.25) is 0 Å². The van der Waals surface area contributed by atoms with E-state index in [0.29, 0.717) is 0 Å². The Labute approximate surface area is 126 Å². The predicted molar refractivity (Wildman–Crippen MR) is 80.0 cm³/mol. The van der Waals surface area contributed by atoms with E-state index in [1.54, 1.807) is 20.8 Å². The maximum absolute atomic E-state index is 14.3. The zero-order valence-electron chi connectivity index (χ0n) is 13.0. The van der Waals surface area contributed by atoms with Crippen LogP contribution in [0.15, 0.2) is 24.3 Å². The van der Waals surface area contributed by atoms with Crippen LogP contribution in [0, 0.1) is 5.82 Å². The molecule has 0 aromatic heterocycles. The second kappa shape index (κ2) is 6.08. The van der Waals surface area contributed by atoms with Crippen LogP contribution in [0.3, 0.4) is 0 Å². The van der Waals surface area contributed by atoms with Gasteiger partial charge < -0.3 is 0 Å². The normalized spacial score (nSPS) is 17.3. The standard InChI is InChI=1S/C15H22F3NOS/c1-6-15(14(5,17)18,19-21(20)13(2,3)4)11-9-7-8-10-12(11)16/h7-10,19H,6H2,1-5H3/t15-,21-/m1/s1. The number of halogens is 3. The van der Waals surface area contributed by atoms with E-state index in [0.717, 1.165) is 13.0 Å². The predicted octanol–water partition coefficient (Wildman–Crippen LogP) is 4.14. The summed E-state index contributed by atoms with van der Waals surface area (Å²) in [4.78, 5) is 0. The summed E-state index contributed by atoms with van der Waals surface area (Å²) in [5, 5.41) is 0. The number of hydrogen-bond acceptors (Lipinski definition) is 1. The Balaban J connectivity index is 3.45. The summed E-state index contributed by atoms with van der Waals surface area (Å²) in [7, 11) is -1.76. The van der Waals surface area contributed by atoms with Gasteiger partial charge in [-0.3, -0.25) is 0 Å². The number of rotatable bonds is 5. The molecule has 120 valence electrons. The first-order valence-electron chi connectivity index (χ1n) is 6.78. The van der Waals surface area contributed by atoms with E-state index < -0.39 is 33.0 Å². The molecule has 0 unspecified atom stereocenters. The van der Waals surface area contributed by atoms with Gasteiger partial charge in [0, 0.05) is 12.5 Å². The summed E-state index contributed by atoms with van der Waals surface area (Å²) < 4.78 is 56.7. The van der Waals surface area contributed by atoms with Gasteiger partial charge in [-0.05, 0) is 33.3 Å². The van der Waals surface area contributed by atoms with Crippen LogP contribution in [0.4, 0.5) is 13.2 Å². The highest BCUT2D eigenvalue weighted by atomic mass is 32.2. The van der Waals surface area contributed by atoms with Crippen molar-refractivity contribution in [1.82, 2.24) is 4.72 Å². The molecular weight excluding hydrogens is 299 g/mol. The van der Waals surface area contributed by atoms with Gasteiger partial charge in [-0.15, -0.1) is 0 Å². The average Bonchev–Trinajstić information content (AvgIpc) is 2.34. The summed E-state index contributed by atoms with van der Waals surface area (Å²) in [6.07, 6.45) is -0.0980. The van der Waals surface area contributed by atoms with Gasteiger partial charge in [-0.25, -0.2) is 22.1 Å². The van der Waals surface area contributed by atoms with Crippen molar-refractivity contribution >= 4 is 11.0 Å². The zero-order valence-corrected chi connectivity index (χ0v) is 13.8. The van der Waals surface area contributed by atoms with Crippen molar-refractivity contribution in [3.63, 3.8) is 0 Å². The fraction of sp³-hybridized carbons (Fsp3) is 0.600. The number of hydrogen-bond donors (Lipinski definition) is 1. The minimum absolute atomic E-state index is 0.0980. The molecule has 0 spiro atoms. The Kier molecular flexibility index (Phi) is 5.26. The molecule has 0 aliphatic rings. The molecule has 0 saturated heterocycles. The summed E-state index contributed by atoms with van der Waals surface area (Å²) in [6, 6.07) is 5.38. The Bertz CT molecular complexity index is 522. The fourth-order valence-electron chi connectivity index (χ4n) is 2.07. The third-order valence-corrected chi connectivity index (χ3v) is 5.08. The molecule has 0 saturated carbocycles. The van der Waals surface area contributed by atoms with E-state index in [4.69, 9.17) is 0 Å². The molecule has 1 N–H and O–H groups in total. The third kappa shape index (κ3) is 3.66. The second-order valence-electron chi connectivity index (χ2n) is 6.11. The van der Waals surface area contributed by atoms with E-state index in [-0.39, 0.29) is 12.0 Å². The second-order valence-corrected chi connectivity index (χ2v) is 8.08. The molecule has 1 aromatic rings. The molecule has 21 heavy (non-hydrogen) atoms. The lowest BCUT2D eigenvalue weighted by Gasteiger charge is -2.40. The summed E-state index contributed by atoms with van der Waals surface area (Å²) in [6.45, 7) is 7.26. The first kappa shape index (κ1) is 18.2. The fourth-order valence-corrected chi connectivity index (χ4v) is 3.13. The van der Waals surface area contributed by atoms with E-state index >= 15 is 0 Å². The number of alkyl halides is 2. The molecule has 1 rings (SSSR count). The molecule has 0 fully saturated rings. The van der Waals surface area contributed by atoms with Crippen molar-refractivity contribution in [2.75, 3.05) is 0 Å². The number of benzene rings is 1. The van der Waals surface area contributed by atoms with Gasteiger partial charge in [-0.2, -0.15) is 0 Å². The van der Waals surface area contributed by atoms with Crippen LogP contribution >= 0.6 is 0 Å². The molecule has 2 atom stereocenters. The van der Waals surface area contributed by atoms with Crippen molar-refractivity contribution in [2.24, 2.45) is 0 Å². The molecule has 0 heterocycles. The van der Waals surface area contributed by atoms with Gasteiger partial charge in [0.1, 0.15) is 11.4 Å². The maximum atomic E-state index is 14.3. The van der Waals surface area contributed by atoms with Gasteiger partial charge in [0.05, 0.1) is 15.7 Å². The van der Waals surface area contributed by atoms with E-state index in [1.807, 2.05) is 0 Å². The van der Waals surface area contributed by atoms with E-state index in [9.17, 15) is 17.4 Å². The van der Waals surface area contributed by atoms with E-state index in [1.165, 1.54) is 25.1 Å². The molecule has 0 radical (unpaired) electrons. The van der Waals surface area contributed by atoms with Gasteiger partial charge in [0.15, 0.2) is 0 Å². The summed E-state index contributed by atoms with van der Waals surface area (Å²) >= 11 is 0. The van der Waals surface area contributed by atoms with Gasteiger partial charge in [0.25, 0.3) is 5.92 Å². The van der Waals surface area contributed by atoms with Crippen molar-refractivity contribution in [3.8, 4) is 0 Å². The van der Waals surface area contributed by atoms with Gasteiger partial charge in [0.2, 0.25) is 0 Å². The third-order valence-electron chi connectivity index (χ3n) is 3.44. The van der Waals surface area contributed by atoms with Gasteiger partial charge >= 0.3 is 0 Å². The van der Waals surface area contributed by atoms with Crippen LogP contribution < -0.4 is 4.72 Å². The topological polar surface area (TPSA) is 29.1 Å². The van der Waals surface area contributed by atoms with Crippen LogP contribution in [0.5, 0.6) is 0 Å². The highest BCUT2D eigenvalue weighted by Gasteiger charge is 2.53. The van der Waals surface area contributed by atoms with Crippen LogP contribution in [0.25, 0.3) is 0 Å². The molecule has 0 bridgehead atoms.